The summed E-state index contributed by atoms with van der Waals surface area (Å²) < 4.78 is 0. The van der Waals surface area contributed by atoms with Gasteiger partial charge in [-0.1, -0.05) is 12.5 Å². The highest BCUT2D eigenvalue weighted by Gasteiger charge is 1.93. The molecule has 0 aliphatic rings. The third-order valence-electron chi connectivity index (χ3n) is 2.20. The number of nitrogens with two attached hydrogens (primary N) is 1. The molecule has 2 heteroatoms. The topological polar surface area (TPSA) is 26.0 Å². The summed E-state index contributed by atoms with van der Waals surface area (Å²) in [6.45, 7) is 3.72. The Morgan fingerprint density at radius 1 is 1.13 bits per heavy atom. The van der Waals surface area contributed by atoms with Crippen molar-refractivity contribution >= 4 is 17.4 Å². The summed E-state index contributed by atoms with van der Waals surface area (Å²) in [7, 11) is 0. The van der Waals surface area contributed by atoms with Gasteiger partial charge in [0.1, 0.15) is 0 Å². The van der Waals surface area contributed by atoms with E-state index in [1.807, 2.05) is 30.0 Å². The Bertz CT molecular complexity index is 279. The van der Waals surface area contributed by atoms with Crippen LogP contribution in [0.4, 0.5) is 5.69 Å². The standard InChI is InChI=1S/C13H19NS/c1-2-3-4-5-6-11-15-13-9-7-12(14)8-10-13/h2,7-10H,1,3-6,11,14H2. The van der Waals surface area contributed by atoms with Crippen LogP contribution in [0.25, 0.3) is 0 Å². The van der Waals surface area contributed by atoms with E-state index >= 15 is 0 Å². The number of hydrogen-bond acceptors (Lipinski definition) is 2. The molecule has 1 aromatic carbocycles. The van der Waals surface area contributed by atoms with Crippen LogP contribution in [0.15, 0.2) is 41.8 Å². The van der Waals surface area contributed by atoms with Crippen molar-refractivity contribution < 1.29 is 0 Å². The van der Waals surface area contributed by atoms with Crippen LogP contribution in [0.3, 0.4) is 0 Å². The number of benzene rings is 1. The number of nitrogen functional groups attached to an aromatic ring is 1. The Kier molecular flexibility index (Phi) is 6.02. The van der Waals surface area contributed by atoms with Crippen LogP contribution in [0.2, 0.25) is 0 Å². The molecule has 15 heavy (non-hydrogen) atoms. The minimum atomic E-state index is 0.838. The molecule has 0 heterocycles. The molecule has 0 atom stereocenters. The molecule has 0 spiro atoms. The lowest BCUT2D eigenvalue weighted by atomic mass is 10.2. The van der Waals surface area contributed by atoms with Crippen LogP contribution < -0.4 is 5.73 Å². The molecule has 2 N–H and O–H groups in total. The average molecular weight is 221 g/mol. The van der Waals surface area contributed by atoms with Crippen LogP contribution in [0, 0.1) is 0 Å². The van der Waals surface area contributed by atoms with E-state index in [2.05, 4.69) is 18.7 Å². The summed E-state index contributed by atoms with van der Waals surface area (Å²) in [6.07, 6.45) is 6.99. The predicted octanol–water partition coefficient (Wildman–Crippen LogP) is 4.11. The molecule has 0 radical (unpaired) electrons. The molecule has 0 bridgehead atoms. The number of allylic oxidation sites excluding steroid dienone is 1. The Labute approximate surface area is 96.8 Å². The van der Waals surface area contributed by atoms with Crippen molar-refractivity contribution in [1.29, 1.82) is 0 Å². The van der Waals surface area contributed by atoms with E-state index in [0.717, 1.165) is 12.1 Å². The van der Waals surface area contributed by atoms with Crippen LogP contribution in [-0.4, -0.2) is 5.75 Å². The Morgan fingerprint density at radius 3 is 2.53 bits per heavy atom. The molecule has 1 rings (SSSR count). The van der Waals surface area contributed by atoms with E-state index in [0.29, 0.717) is 0 Å². The summed E-state index contributed by atoms with van der Waals surface area (Å²) in [5.74, 6) is 1.20. The second kappa shape index (κ2) is 7.41. The van der Waals surface area contributed by atoms with Crippen molar-refractivity contribution in [3.8, 4) is 0 Å². The smallest absolute Gasteiger partial charge is 0.0314 e. The fourth-order valence-electron chi connectivity index (χ4n) is 1.32. The van der Waals surface area contributed by atoms with Gasteiger partial charge in [0, 0.05) is 10.6 Å². The van der Waals surface area contributed by atoms with Crippen molar-refractivity contribution in [2.24, 2.45) is 0 Å². The van der Waals surface area contributed by atoms with Crippen molar-refractivity contribution in [1.82, 2.24) is 0 Å². The van der Waals surface area contributed by atoms with Gasteiger partial charge in [0.2, 0.25) is 0 Å². The average Bonchev–Trinajstić information content (AvgIpc) is 2.26. The second-order valence-corrected chi connectivity index (χ2v) is 4.72. The molecule has 0 fully saturated rings. The molecule has 82 valence electrons. The fraction of sp³-hybridized carbons (Fsp3) is 0.385. The summed E-state index contributed by atoms with van der Waals surface area (Å²) in [4.78, 5) is 1.31. The normalized spacial score (nSPS) is 10.1. The van der Waals surface area contributed by atoms with Crippen molar-refractivity contribution in [2.45, 2.75) is 30.6 Å². The van der Waals surface area contributed by atoms with Crippen molar-refractivity contribution in [3.63, 3.8) is 0 Å². The van der Waals surface area contributed by atoms with Gasteiger partial charge in [-0.05, 0) is 49.3 Å². The Hall–Kier alpha value is -0.890. The molecular formula is C13H19NS. The van der Waals surface area contributed by atoms with E-state index in [1.165, 1.54) is 29.9 Å². The lowest BCUT2D eigenvalue weighted by molar-refractivity contribution is 0.735. The molecule has 0 saturated carbocycles. The van der Waals surface area contributed by atoms with Gasteiger partial charge < -0.3 is 5.73 Å². The zero-order valence-electron chi connectivity index (χ0n) is 9.11. The first-order valence-corrected chi connectivity index (χ1v) is 6.40. The molecule has 0 amide bonds. The van der Waals surface area contributed by atoms with E-state index in [-0.39, 0.29) is 0 Å². The third-order valence-corrected chi connectivity index (χ3v) is 3.30. The van der Waals surface area contributed by atoms with Crippen LogP contribution in [-0.2, 0) is 0 Å². The molecule has 0 aliphatic heterocycles. The number of anilines is 1. The van der Waals surface area contributed by atoms with Gasteiger partial charge in [-0.3, -0.25) is 0 Å². The molecular weight excluding hydrogens is 202 g/mol. The van der Waals surface area contributed by atoms with Gasteiger partial charge in [0.25, 0.3) is 0 Å². The zero-order chi connectivity index (χ0) is 10.9. The van der Waals surface area contributed by atoms with Gasteiger partial charge >= 0.3 is 0 Å². The van der Waals surface area contributed by atoms with E-state index in [9.17, 15) is 0 Å². The highest BCUT2D eigenvalue weighted by Crippen LogP contribution is 2.20. The predicted molar refractivity (Wildman–Crippen MR) is 70.2 cm³/mol. The van der Waals surface area contributed by atoms with E-state index in [4.69, 9.17) is 5.73 Å². The fourth-order valence-corrected chi connectivity index (χ4v) is 2.23. The van der Waals surface area contributed by atoms with Gasteiger partial charge in [0.05, 0.1) is 0 Å². The summed E-state index contributed by atoms with van der Waals surface area (Å²) in [6, 6.07) is 8.09. The molecule has 0 aliphatic carbocycles. The van der Waals surface area contributed by atoms with Crippen molar-refractivity contribution in [3.05, 3.63) is 36.9 Å². The van der Waals surface area contributed by atoms with Crippen LogP contribution in [0.1, 0.15) is 25.7 Å². The maximum absolute atomic E-state index is 5.62. The minimum absolute atomic E-state index is 0.838. The van der Waals surface area contributed by atoms with Gasteiger partial charge in [-0.25, -0.2) is 0 Å². The first-order chi connectivity index (χ1) is 7.33. The molecule has 0 unspecified atom stereocenters. The molecule has 0 aromatic heterocycles. The largest absolute Gasteiger partial charge is 0.399 e. The first-order valence-electron chi connectivity index (χ1n) is 5.42. The van der Waals surface area contributed by atoms with E-state index < -0.39 is 0 Å². The van der Waals surface area contributed by atoms with Crippen molar-refractivity contribution in [2.75, 3.05) is 11.5 Å². The van der Waals surface area contributed by atoms with Gasteiger partial charge in [-0.15, -0.1) is 18.3 Å². The summed E-state index contributed by atoms with van der Waals surface area (Å²) >= 11 is 1.91. The van der Waals surface area contributed by atoms with Gasteiger partial charge in [0.15, 0.2) is 0 Å². The van der Waals surface area contributed by atoms with E-state index in [1.54, 1.807) is 0 Å². The SMILES string of the molecule is C=CCCCCCSc1ccc(N)cc1. The molecule has 0 saturated heterocycles. The zero-order valence-corrected chi connectivity index (χ0v) is 9.93. The highest BCUT2D eigenvalue weighted by atomic mass is 32.2. The quantitative estimate of drug-likeness (QED) is 0.324. The molecule has 1 aromatic rings. The number of unbranched alkanes of at least 4 members (excludes halogenated alkanes) is 3. The molecule has 1 nitrogen and oxygen atoms in total. The lowest BCUT2D eigenvalue weighted by Crippen LogP contribution is -1.84. The summed E-state index contributed by atoms with van der Waals surface area (Å²) in [5.41, 5.74) is 6.46. The Morgan fingerprint density at radius 2 is 1.87 bits per heavy atom. The Balaban J connectivity index is 2.09. The minimum Gasteiger partial charge on any atom is -0.399 e. The number of thioether (sulfide) groups is 1. The van der Waals surface area contributed by atoms with Crippen LogP contribution >= 0.6 is 11.8 Å². The third kappa shape index (κ3) is 5.53. The number of rotatable bonds is 7. The van der Waals surface area contributed by atoms with Gasteiger partial charge in [-0.2, -0.15) is 0 Å². The summed E-state index contributed by atoms with van der Waals surface area (Å²) in [5, 5.41) is 0. The first kappa shape index (κ1) is 12.2. The number of hydrogen-bond donors (Lipinski definition) is 1. The monoisotopic (exact) mass is 221 g/mol. The lowest BCUT2D eigenvalue weighted by Gasteiger charge is -2.01. The highest BCUT2D eigenvalue weighted by molar-refractivity contribution is 7.99. The maximum atomic E-state index is 5.62. The second-order valence-electron chi connectivity index (χ2n) is 3.56. The van der Waals surface area contributed by atoms with Crippen LogP contribution in [0.5, 0.6) is 0 Å². The maximum Gasteiger partial charge on any atom is 0.0314 e.